The molecule has 1 aliphatic heterocycles. The highest BCUT2D eigenvalue weighted by Crippen LogP contribution is 2.25. The maximum Gasteiger partial charge on any atom is 0.348 e. The number of para-hydroxylation sites is 1. The van der Waals surface area contributed by atoms with Gasteiger partial charge in [-0.25, -0.2) is 4.79 Å². The maximum atomic E-state index is 11.9. The number of hydrogen-bond donors (Lipinski definition) is 2. The number of hydrogen-bond acceptors (Lipinski definition) is 1. The number of halogens is 1. The Bertz CT molecular complexity index is 489. The van der Waals surface area contributed by atoms with Crippen molar-refractivity contribution in [1.82, 2.24) is 4.90 Å². The summed E-state index contributed by atoms with van der Waals surface area (Å²) >= 11 is 3.40. The van der Waals surface area contributed by atoms with Gasteiger partial charge in [-0.15, -0.1) is 0 Å². The van der Waals surface area contributed by atoms with Gasteiger partial charge < -0.3 is 16.0 Å². The van der Waals surface area contributed by atoms with Crippen LogP contribution in [0.25, 0.3) is 0 Å². The minimum absolute atomic E-state index is 0.291. The number of amides is 2. The van der Waals surface area contributed by atoms with E-state index in [0.717, 1.165) is 41.7 Å². The van der Waals surface area contributed by atoms with Crippen LogP contribution in [0, 0.1) is 6.92 Å². The van der Waals surface area contributed by atoms with Crippen molar-refractivity contribution in [3.63, 3.8) is 0 Å². The topological polar surface area (TPSA) is 70.7 Å². The third-order valence-corrected chi connectivity index (χ3v) is 3.76. The smallest absolute Gasteiger partial charge is 0.348 e. The first-order chi connectivity index (χ1) is 9.08. The van der Waals surface area contributed by atoms with Crippen LogP contribution in [0.4, 0.5) is 10.5 Å². The summed E-state index contributed by atoms with van der Waals surface area (Å²) in [6.07, 6.45) is 2.20. The number of aryl methyl sites for hydroxylation is 1. The fourth-order valence-corrected chi connectivity index (χ4v) is 2.61. The predicted molar refractivity (Wildman–Crippen MR) is 80.3 cm³/mol. The van der Waals surface area contributed by atoms with Crippen LogP contribution in [0.2, 0.25) is 0 Å². The van der Waals surface area contributed by atoms with Gasteiger partial charge in [0.25, 0.3) is 0 Å². The molecule has 1 heterocycles. The van der Waals surface area contributed by atoms with Gasteiger partial charge in [-0.05, 0) is 47.3 Å². The number of nitrogens with one attached hydrogen (secondary N) is 1. The van der Waals surface area contributed by atoms with Gasteiger partial charge in [0.05, 0.1) is 5.69 Å². The van der Waals surface area contributed by atoms with Crippen LogP contribution >= 0.6 is 15.9 Å². The monoisotopic (exact) mass is 324 g/mol. The van der Waals surface area contributed by atoms with Crippen LogP contribution in [-0.2, 0) is 0 Å². The summed E-state index contributed by atoms with van der Waals surface area (Å²) in [7, 11) is 0. The maximum absolute atomic E-state index is 11.9. The van der Waals surface area contributed by atoms with Crippen molar-refractivity contribution in [1.29, 1.82) is 0 Å². The second-order valence-electron chi connectivity index (χ2n) is 4.53. The zero-order valence-electron chi connectivity index (χ0n) is 10.8. The third kappa shape index (κ3) is 3.47. The molecule has 1 fully saturated rings. The van der Waals surface area contributed by atoms with E-state index >= 15 is 0 Å². The highest BCUT2D eigenvalue weighted by molar-refractivity contribution is 9.10. The standard InChI is InChI=1S/C13H17BrN4O/c1-9-5-4-6-10(14)11(9)16-13(19)17-12(15)18-7-2-3-8-18/h4-6H,2-3,7-8H2,1H3,(H3,15,16,17,19). The molecule has 6 heteroatoms. The zero-order valence-corrected chi connectivity index (χ0v) is 12.4. The Morgan fingerprint density at radius 3 is 2.74 bits per heavy atom. The van der Waals surface area contributed by atoms with Gasteiger partial charge in [-0.2, -0.15) is 4.99 Å². The highest BCUT2D eigenvalue weighted by Gasteiger charge is 2.15. The van der Waals surface area contributed by atoms with E-state index < -0.39 is 6.03 Å². The molecule has 0 radical (unpaired) electrons. The fourth-order valence-electron chi connectivity index (χ4n) is 2.05. The molecule has 0 spiro atoms. The van der Waals surface area contributed by atoms with Crippen LogP contribution in [0.3, 0.4) is 0 Å². The zero-order chi connectivity index (χ0) is 13.8. The lowest BCUT2D eigenvalue weighted by molar-refractivity contribution is 0.259. The SMILES string of the molecule is Cc1cccc(Br)c1NC(=O)N=C(N)N1CCCC1. The van der Waals surface area contributed by atoms with Crippen molar-refractivity contribution in [2.75, 3.05) is 18.4 Å². The Morgan fingerprint density at radius 1 is 1.42 bits per heavy atom. The lowest BCUT2D eigenvalue weighted by Gasteiger charge is -2.15. The number of carbonyl (C=O) groups is 1. The van der Waals surface area contributed by atoms with Gasteiger partial charge >= 0.3 is 6.03 Å². The molecule has 0 bridgehead atoms. The van der Waals surface area contributed by atoms with E-state index in [4.69, 9.17) is 5.73 Å². The molecule has 0 unspecified atom stereocenters. The number of benzene rings is 1. The van der Waals surface area contributed by atoms with Crippen molar-refractivity contribution < 1.29 is 4.79 Å². The molecule has 1 aromatic rings. The van der Waals surface area contributed by atoms with E-state index in [2.05, 4.69) is 26.2 Å². The number of urea groups is 1. The molecule has 1 aromatic carbocycles. The molecule has 1 aliphatic rings. The van der Waals surface area contributed by atoms with Gasteiger partial charge in [0, 0.05) is 17.6 Å². The summed E-state index contributed by atoms with van der Waals surface area (Å²) in [6.45, 7) is 3.67. The van der Waals surface area contributed by atoms with Crippen LogP contribution in [-0.4, -0.2) is 30.0 Å². The molecule has 2 rings (SSSR count). The summed E-state index contributed by atoms with van der Waals surface area (Å²) < 4.78 is 0.829. The molecular weight excluding hydrogens is 308 g/mol. The number of nitrogens with two attached hydrogens (primary N) is 1. The van der Waals surface area contributed by atoms with Gasteiger partial charge in [0.15, 0.2) is 0 Å². The van der Waals surface area contributed by atoms with Gasteiger partial charge in [0.1, 0.15) is 0 Å². The van der Waals surface area contributed by atoms with Crippen molar-refractivity contribution in [3.8, 4) is 0 Å². The minimum Gasteiger partial charge on any atom is -0.369 e. The molecule has 2 amide bonds. The highest BCUT2D eigenvalue weighted by atomic mass is 79.9. The molecule has 0 saturated carbocycles. The van der Waals surface area contributed by atoms with E-state index in [-0.39, 0.29) is 0 Å². The van der Waals surface area contributed by atoms with Crippen molar-refractivity contribution in [2.24, 2.45) is 10.7 Å². The van der Waals surface area contributed by atoms with E-state index in [1.54, 1.807) is 0 Å². The molecule has 0 atom stereocenters. The Morgan fingerprint density at radius 2 is 2.11 bits per heavy atom. The lowest BCUT2D eigenvalue weighted by atomic mass is 10.2. The second-order valence-corrected chi connectivity index (χ2v) is 5.38. The molecule has 19 heavy (non-hydrogen) atoms. The van der Waals surface area contributed by atoms with E-state index in [0.29, 0.717) is 5.96 Å². The first kappa shape index (κ1) is 13.9. The summed E-state index contributed by atoms with van der Waals surface area (Å²) in [4.78, 5) is 17.7. The van der Waals surface area contributed by atoms with Crippen LogP contribution < -0.4 is 11.1 Å². The molecule has 5 nitrogen and oxygen atoms in total. The largest absolute Gasteiger partial charge is 0.369 e. The van der Waals surface area contributed by atoms with Crippen LogP contribution in [0.15, 0.2) is 27.7 Å². The number of nitrogens with zero attached hydrogens (tertiary/aromatic N) is 2. The number of carbonyl (C=O) groups excluding carboxylic acids is 1. The molecule has 0 aliphatic carbocycles. The van der Waals surface area contributed by atoms with Crippen molar-refractivity contribution >= 4 is 33.6 Å². The van der Waals surface area contributed by atoms with Crippen molar-refractivity contribution in [3.05, 3.63) is 28.2 Å². The van der Waals surface area contributed by atoms with Gasteiger partial charge in [-0.3, -0.25) is 0 Å². The van der Waals surface area contributed by atoms with E-state index in [1.807, 2.05) is 30.0 Å². The quantitative estimate of drug-likeness (QED) is 0.616. The Kier molecular flexibility index (Phi) is 4.42. The number of guanidine groups is 1. The summed E-state index contributed by atoms with van der Waals surface area (Å²) in [6, 6.07) is 5.26. The normalized spacial score (nSPS) is 15.7. The molecule has 102 valence electrons. The first-order valence-electron chi connectivity index (χ1n) is 6.23. The molecule has 3 N–H and O–H groups in total. The number of aliphatic imine (C=N–C) groups is 1. The molecule has 0 aromatic heterocycles. The van der Waals surface area contributed by atoms with E-state index in [9.17, 15) is 4.79 Å². The predicted octanol–water partition coefficient (Wildman–Crippen LogP) is 2.70. The lowest BCUT2D eigenvalue weighted by Crippen LogP contribution is -2.36. The molecule has 1 saturated heterocycles. The number of anilines is 1. The summed E-state index contributed by atoms with van der Waals surface area (Å²) in [5.41, 5.74) is 7.51. The van der Waals surface area contributed by atoms with Gasteiger partial charge in [0.2, 0.25) is 5.96 Å². The van der Waals surface area contributed by atoms with Gasteiger partial charge in [-0.1, -0.05) is 12.1 Å². The van der Waals surface area contributed by atoms with Crippen LogP contribution in [0.1, 0.15) is 18.4 Å². The first-order valence-corrected chi connectivity index (χ1v) is 7.02. The Labute approximate surface area is 121 Å². The second kappa shape index (κ2) is 6.06. The average Bonchev–Trinajstić information content (AvgIpc) is 2.88. The number of rotatable bonds is 1. The van der Waals surface area contributed by atoms with Crippen LogP contribution in [0.5, 0.6) is 0 Å². The minimum atomic E-state index is -0.445. The Hall–Kier alpha value is -1.56. The summed E-state index contributed by atoms with van der Waals surface area (Å²) in [5, 5.41) is 2.75. The van der Waals surface area contributed by atoms with Crippen molar-refractivity contribution in [2.45, 2.75) is 19.8 Å². The summed E-state index contributed by atoms with van der Waals surface area (Å²) in [5.74, 6) is 0.291. The average molecular weight is 325 g/mol. The third-order valence-electron chi connectivity index (χ3n) is 3.10. The Balaban J connectivity index is 2.06. The van der Waals surface area contributed by atoms with E-state index in [1.165, 1.54) is 0 Å². The number of likely N-dealkylation sites (tertiary alicyclic amines) is 1. The molecular formula is C13H17BrN4O. The fraction of sp³-hybridized carbons (Fsp3) is 0.385.